The zero-order valence-electron chi connectivity index (χ0n) is 7.40. The summed E-state index contributed by atoms with van der Waals surface area (Å²) in [6.45, 7) is 1.97. The molecule has 0 aliphatic carbocycles. The Bertz CT molecular complexity index is 290. The topological polar surface area (TPSA) is 46.3 Å². The summed E-state index contributed by atoms with van der Waals surface area (Å²) in [5, 5.41) is 0. The third-order valence-corrected chi connectivity index (χ3v) is 2.25. The first kappa shape index (κ1) is 8.29. The zero-order valence-corrected chi connectivity index (χ0v) is 7.40. The Morgan fingerprint density at radius 2 is 2.15 bits per heavy atom. The zero-order chi connectivity index (χ0) is 9.10. The molecule has 0 amide bonds. The lowest BCUT2D eigenvalue weighted by atomic mass is 10.1. The molecular formula is C9H12N2O2. The Kier molecular flexibility index (Phi) is 2.29. The Labute approximate surface area is 76.6 Å². The molecule has 2 rings (SSSR count). The molecule has 0 unspecified atom stereocenters. The SMILES string of the molecule is O=Cc1cnc(N2CCCCC2)o1. The summed E-state index contributed by atoms with van der Waals surface area (Å²) >= 11 is 0. The number of piperidine rings is 1. The summed E-state index contributed by atoms with van der Waals surface area (Å²) in [6, 6.07) is 0.585. The van der Waals surface area contributed by atoms with Crippen LogP contribution in [0.3, 0.4) is 0 Å². The molecule has 0 atom stereocenters. The van der Waals surface area contributed by atoms with Crippen molar-refractivity contribution in [3.63, 3.8) is 0 Å². The molecule has 4 nitrogen and oxygen atoms in total. The molecule has 1 aromatic rings. The van der Waals surface area contributed by atoms with E-state index >= 15 is 0 Å². The van der Waals surface area contributed by atoms with Crippen LogP contribution in [0.1, 0.15) is 29.8 Å². The van der Waals surface area contributed by atoms with Crippen molar-refractivity contribution in [3.8, 4) is 0 Å². The van der Waals surface area contributed by atoms with E-state index in [2.05, 4.69) is 9.88 Å². The molecule has 2 heterocycles. The van der Waals surface area contributed by atoms with Gasteiger partial charge in [-0.05, 0) is 19.3 Å². The molecule has 0 spiro atoms. The molecule has 0 radical (unpaired) electrons. The Hall–Kier alpha value is -1.32. The average molecular weight is 180 g/mol. The van der Waals surface area contributed by atoms with Crippen LogP contribution in [0.4, 0.5) is 6.01 Å². The van der Waals surface area contributed by atoms with Crippen LogP contribution in [0.15, 0.2) is 10.6 Å². The standard InChI is InChI=1S/C9H12N2O2/c12-7-8-6-10-9(13-8)11-4-2-1-3-5-11/h6-7H,1-5H2. The van der Waals surface area contributed by atoms with Gasteiger partial charge in [0.05, 0.1) is 6.20 Å². The van der Waals surface area contributed by atoms with Gasteiger partial charge in [-0.3, -0.25) is 4.79 Å². The number of hydrogen-bond acceptors (Lipinski definition) is 4. The van der Waals surface area contributed by atoms with E-state index in [9.17, 15) is 4.79 Å². The maximum absolute atomic E-state index is 10.4. The number of anilines is 1. The second kappa shape index (κ2) is 3.60. The molecule has 1 fully saturated rings. The van der Waals surface area contributed by atoms with Gasteiger partial charge in [0.2, 0.25) is 0 Å². The minimum Gasteiger partial charge on any atom is -0.421 e. The predicted molar refractivity (Wildman–Crippen MR) is 48.0 cm³/mol. The van der Waals surface area contributed by atoms with Crippen LogP contribution in [0.25, 0.3) is 0 Å². The van der Waals surface area contributed by atoms with Crippen molar-refractivity contribution < 1.29 is 9.21 Å². The monoisotopic (exact) mass is 180 g/mol. The van der Waals surface area contributed by atoms with Crippen molar-refractivity contribution in [3.05, 3.63) is 12.0 Å². The van der Waals surface area contributed by atoms with Gasteiger partial charge < -0.3 is 9.32 Å². The van der Waals surface area contributed by atoms with Gasteiger partial charge >= 0.3 is 0 Å². The predicted octanol–water partition coefficient (Wildman–Crippen LogP) is 1.48. The fraction of sp³-hybridized carbons (Fsp3) is 0.556. The number of carbonyl (C=O) groups excluding carboxylic acids is 1. The van der Waals surface area contributed by atoms with Crippen LogP contribution >= 0.6 is 0 Å². The first-order valence-corrected chi connectivity index (χ1v) is 4.56. The van der Waals surface area contributed by atoms with Crippen LogP contribution in [-0.4, -0.2) is 24.4 Å². The molecule has 1 aliphatic rings. The highest BCUT2D eigenvalue weighted by atomic mass is 16.4. The lowest BCUT2D eigenvalue weighted by molar-refractivity contribution is 0.110. The number of oxazole rings is 1. The van der Waals surface area contributed by atoms with Gasteiger partial charge in [-0.25, -0.2) is 4.98 Å². The van der Waals surface area contributed by atoms with Crippen LogP contribution in [0.5, 0.6) is 0 Å². The maximum atomic E-state index is 10.4. The van der Waals surface area contributed by atoms with Gasteiger partial charge in [0, 0.05) is 13.1 Å². The molecule has 1 aliphatic heterocycles. The summed E-state index contributed by atoms with van der Waals surface area (Å²) in [5.41, 5.74) is 0. The first-order valence-electron chi connectivity index (χ1n) is 4.56. The Morgan fingerprint density at radius 1 is 1.38 bits per heavy atom. The Morgan fingerprint density at radius 3 is 2.77 bits per heavy atom. The smallest absolute Gasteiger partial charge is 0.297 e. The van der Waals surface area contributed by atoms with E-state index < -0.39 is 0 Å². The molecule has 1 saturated heterocycles. The second-order valence-corrected chi connectivity index (χ2v) is 3.21. The maximum Gasteiger partial charge on any atom is 0.297 e. The van der Waals surface area contributed by atoms with Gasteiger partial charge in [-0.1, -0.05) is 0 Å². The van der Waals surface area contributed by atoms with E-state index in [1.165, 1.54) is 25.5 Å². The summed E-state index contributed by atoms with van der Waals surface area (Å²) < 4.78 is 5.22. The van der Waals surface area contributed by atoms with Gasteiger partial charge in [-0.2, -0.15) is 0 Å². The number of hydrogen-bond donors (Lipinski definition) is 0. The van der Waals surface area contributed by atoms with Gasteiger partial charge in [0.25, 0.3) is 6.01 Å². The molecular weight excluding hydrogens is 168 g/mol. The number of aldehydes is 1. The largest absolute Gasteiger partial charge is 0.421 e. The van der Waals surface area contributed by atoms with Crippen molar-refractivity contribution in [2.45, 2.75) is 19.3 Å². The van der Waals surface area contributed by atoms with E-state index in [0.29, 0.717) is 18.1 Å². The molecule has 0 N–H and O–H groups in total. The molecule has 0 bridgehead atoms. The van der Waals surface area contributed by atoms with Crippen LogP contribution in [-0.2, 0) is 0 Å². The lowest BCUT2D eigenvalue weighted by Crippen LogP contribution is -2.29. The number of carbonyl (C=O) groups is 1. The summed E-state index contributed by atoms with van der Waals surface area (Å²) in [5.74, 6) is 0.306. The normalized spacial score (nSPS) is 17.4. The van der Waals surface area contributed by atoms with E-state index in [4.69, 9.17) is 4.42 Å². The highest BCUT2D eigenvalue weighted by Crippen LogP contribution is 2.18. The minimum atomic E-state index is 0.306. The van der Waals surface area contributed by atoms with E-state index in [1.54, 1.807) is 0 Å². The highest BCUT2D eigenvalue weighted by molar-refractivity contribution is 5.70. The molecule has 4 heteroatoms. The fourth-order valence-corrected chi connectivity index (χ4v) is 1.56. The van der Waals surface area contributed by atoms with E-state index in [0.717, 1.165) is 13.1 Å². The van der Waals surface area contributed by atoms with Crippen molar-refractivity contribution in [2.24, 2.45) is 0 Å². The van der Waals surface area contributed by atoms with Crippen LogP contribution in [0, 0.1) is 0 Å². The van der Waals surface area contributed by atoms with Crippen molar-refractivity contribution in [2.75, 3.05) is 18.0 Å². The van der Waals surface area contributed by atoms with Crippen molar-refractivity contribution in [1.29, 1.82) is 0 Å². The lowest BCUT2D eigenvalue weighted by Gasteiger charge is -2.24. The van der Waals surface area contributed by atoms with Crippen molar-refractivity contribution >= 4 is 12.3 Å². The first-order chi connectivity index (χ1) is 6.40. The van der Waals surface area contributed by atoms with Gasteiger partial charge in [-0.15, -0.1) is 0 Å². The van der Waals surface area contributed by atoms with Crippen LogP contribution in [0.2, 0.25) is 0 Å². The molecule has 0 saturated carbocycles. The van der Waals surface area contributed by atoms with Gasteiger partial charge in [0.1, 0.15) is 0 Å². The number of rotatable bonds is 2. The third kappa shape index (κ3) is 1.71. The van der Waals surface area contributed by atoms with E-state index in [1.807, 2.05) is 0 Å². The Balaban J connectivity index is 2.09. The summed E-state index contributed by atoms with van der Waals surface area (Å²) in [4.78, 5) is 16.5. The summed E-state index contributed by atoms with van der Waals surface area (Å²) in [7, 11) is 0. The third-order valence-electron chi connectivity index (χ3n) is 2.25. The molecule has 70 valence electrons. The minimum absolute atomic E-state index is 0.306. The molecule has 13 heavy (non-hydrogen) atoms. The molecule has 0 aromatic carbocycles. The van der Waals surface area contributed by atoms with Crippen molar-refractivity contribution in [1.82, 2.24) is 4.98 Å². The van der Waals surface area contributed by atoms with Crippen LogP contribution < -0.4 is 4.90 Å². The fourth-order valence-electron chi connectivity index (χ4n) is 1.56. The van der Waals surface area contributed by atoms with Gasteiger partial charge in [0.15, 0.2) is 12.0 Å². The summed E-state index contributed by atoms with van der Waals surface area (Å²) in [6.07, 6.45) is 5.78. The highest BCUT2D eigenvalue weighted by Gasteiger charge is 2.15. The quantitative estimate of drug-likeness (QED) is 0.647. The number of aromatic nitrogens is 1. The average Bonchev–Trinajstić information content (AvgIpc) is 2.67. The molecule has 1 aromatic heterocycles. The van der Waals surface area contributed by atoms with E-state index in [-0.39, 0.29) is 0 Å². The second-order valence-electron chi connectivity index (χ2n) is 3.21. The number of nitrogens with zero attached hydrogens (tertiary/aromatic N) is 2.